The monoisotopic (exact) mass is 521 g/mol. The van der Waals surface area contributed by atoms with Crippen LogP contribution in [0.15, 0.2) is 30.3 Å². The number of carboxylic acid groups (broad SMARTS) is 1. The van der Waals surface area contributed by atoms with E-state index in [9.17, 15) is 19.5 Å². The minimum Gasteiger partial charge on any atom is -0.479 e. The zero-order chi connectivity index (χ0) is 28.1. The molecule has 37 heavy (non-hydrogen) atoms. The van der Waals surface area contributed by atoms with Crippen LogP contribution in [0.2, 0.25) is 0 Å². The van der Waals surface area contributed by atoms with Crippen LogP contribution in [-0.2, 0) is 35.4 Å². The molecule has 0 heterocycles. The number of carbonyl (C=O) groups excluding carboxylic acids is 2. The average molecular weight is 521 g/mol. The molecule has 0 bridgehead atoms. The molecule has 1 rings (SSSR count). The summed E-state index contributed by atoms with van der Waals surface area (Å²) < 4.78 is 5.04. The van der Waals surface area contributed by atoms with Gasteiger partial charge in [-0.2, -0.15) is 11.0 Å². The Hall–Kier alpha value is -2.48. The third-order valence-corrected chi connectivity index (χ3v) is 4.77. The number of aliphatic hydroxyl groups is 2. The van der Waals surface area contributed by atoms with E-state index in [1.807, 2.05) is 44.2 Å². The van der Waals surface area contributed by atoms with Crippen molar-refractivity contribution in [3.63, 3.8) is 0 Å². The third kappa shape index (κ3) is 16.1. The van der Waals surface area contributed by atoms with Crippen LogP contribution in [0.1, 0.15) is 45.1 Å². The highest BCUT2D eigenvalue weighted by Crippen LogP contribution is 2.04. The Balaban J connectivity index is 0.000000845. The van der Waals surface area contributed by atoms with Gasteiger partial charge in [0.15, 0.2) is 6.10 Å². The van der Waals surface area contributed by atoms with Gasteiger partial charge in [0.25, 0.3) is 5.91 Å². The quantitative estimate of drug-likeness (QED) is 0.0816. The van der Waals surface area contributed by atoms with Crippen molar-refractivity contribution < 1.29 is 44.1 Å². The molecule has 12 nitrogen and oxygen atoms in total. The van der Waals surface area contributed by atoms with E-state index in [1.165, 1.54) is 0 Å². The molecule has 0 aliphatic rings. The van der Waals surface area contributed by atoms with Crippen molar-refractivity contribution in [2.24, 2.45) is 0 Å². The second kappa shape index (κ2) is 21.6. The summed E-state index contributed by atoms with van der Waals surface area (Å²) in [5.41, 5.74) is 5.78. The highest BCUT2D eigenvalue weighted by Gasteiger charge is 2.26. The third-order valence-electron chi connectivity index (χ3n) is 4.77. The number of hydrogen-bond donors (Lipinski definition) is 6. The summed E-state index contributed by atoms with van der Waals surface area (Å²) in [5, 5.41) is 30.0. The summed E-state index contributed by atoms with van der Waals surface area (Å²) in [5.74, 6) is -2.54. The van der Waals surface area contributed by atoms with Crippen LogP contribution in [0.3, 0.4) is 0 Å². The number of hydrogen-bond acceptors (Lipinski definition) is 10. The Morgan fingerprint density at radius 3 is 1.86 bits per heavy atom. The summed E-state index contributed by atoms with van der Waals surface area (Å²) in [4.78, 5) is 43.4. The van der Waals surface area contributed by atoms with E-state index in [4.69, 9.17) is 35.5 Å². The molecule has 0 saturated carbocycles. The molecule has 0 aliphatic carbocycles. The van der Waals surface area contributed by atoms with Crippen LogP contribution in [-0.4, -0.2) is 92.7 Å². The molecule has 0 saturated heterocycles. The van der Waals surface area contributed by atoms with Gasteiger partial charge < -0.3 is 35.0 Å². The molecule has 204 valence electrons. The zero-order valence-corrected chi connectivity index (χ0v) is 21.3. The number of rotatable bonds is 18. The minimum atomic E-state index is -1.47. The van der Waals surface area contributed by atoms with Crippen molar-refractivity contribution in [3.05, 3.63) is 35.9 Å². The first kappa shape index (κ1) is 34.5. The molecule has 1 aromatic carbocycles. The Kier molecular flexibility index (Phi) is 20.1. The van der Waals surface area contributed by atoms with Gasteiger partial charge in [-0.25, -0.2) is 4.79 Å². The number of hydroxylamine groups is 2. The zero-order valence-electron chi connectivity index (χ0n) is 21.3. The molecule has 1 aromatic rings. The number of nitrogens with one attached hydrogen (secondary N) is 3. The van der Waals surface area contributed by atoms with Crippen LogP contribution in [0.25, 0.3) is 0 Å². The fourth-order valence-electron chi connectivity index (χ4n) is 2.90. The lowest BCUT2D eigenvalue weighted by Crippen LogP contribution is -2.49. The number of amides is 1. The van der Waals surface area contributed by atoms with Crippen LogP contribution < -0.4 is 16.3 Å². The van der Waals surface area contributed by atoms with Crippen molar-refractivity contribution in [1.29, 1.82) is 0 Å². The molecule has 1 amide bonds. The number of esters is 1. The van der Waals surface area contributed by atoms with Gasteiger partial charge in [0.05, 0.1) is 12.1 Å². The van der Waals surface area contributed by atoms with E-state index in [0.29, 0.717) is 12.8 Å². The largest absolute Gasteiger partial charge is 0.479 e. The maximum Gasteiger partial charge on any atom is 0.334 e. The molecule has 4 radical (unpaired) electrons. The van der Waals surface area contributed by atoms with Crippen molar-refractivity contribution in [2.75, 3.05) is 19.6 Å². The predicted octanol–water partition coefficient (Wildman–Crippen LogP) is -0.729. The molecule has 4 unspecified atom stereocenters. The van der Waals surface area contributed by atoms with E-state index in [-0.39, 0.29) is 26.2 Å². The molecular formula is C23H37B2N3O9. The molecular weight excluding hydrogens is 484 g/mol. The Labute approximate surface area is 220 Å². The van der Waals surface area contributed by atoms with E-state index in [2.05, 4.69) is 21.1 Å². The molecule has 14 heteroatoms. The van der Waals surface area contributed by atoms with Gasteiger partial charge in [0.1, 0.15) is 34.9 Å². The van der Waals surface area contributed by atoms with Gasteiger partial charge in [-0.1, -0.05) is 57.0 Å². The molecule has 6 N–H and O–H groups in total. The van der Waals surface area contributed by atoms with Gasteiger partial charge in [-0.05, 0) is 18.4 Å². The number of aliphatic carboxylic acids is 1. The number of carbonyl (C=O) groups is 3. The fourth-order valence-corrected chi connectivity index (χ4v) is 2.90. The SMILES string of the molecule is [B]CONC(CCC)C(O)C(=O)NCC(=O)OCc1ccccc1.[B]CONC(CCC)C(O)C(=O)O. The fraction of sp³-hybridized carbons (Fsp3) is 0.609. The van der Waals surface area contributed by atoms with Crippen LogP contribution >= 0.6 is 0 Å². The van der Waals surface area contributed by atoms with Gasteiger partial charge in [-0.3, -0.25) is 9.59 Å². The van der Waals surface area contributed by atoms with Gasteiger partial charge >= 0.3 is 11.9 Å². The number of aliphatic hydroxyl groups excluding tert-OH is 2. The molecule has 0 fully saturated rings. The van der Waals surface area contributed by atoms with Crippen molar-refractivity contribution in [1.82, 2.24) is 16.3 Å². The summed E-state index contributed by atoms with van der Waals surface area (Å²) in [6, 6.07) is 7.96. The van der Waals surface area contributed by atoms with Gasteiger partial charge in [0, 0.05) is 13.0 Å². The topological polar surface area (TPSA) is 176 Å². The summed E-state index contributed by atoms with van der Waals surface area (Å²) in [7, 11) is 10.2. The number of benzene rings is 1. The van der Waals surface area contributed by atoms with Crippen molar-refractivity contribution >= 4 is 33.5 Å². The van der Waals surface area contributed by atoms with Gasteiger partial charge in [-0.15, -0.1) is 0 Å². The number of carboxylic acids is 1. The average Bonchev–Trinajstić information content (AvgIpc) is 2.90. The maximum atomic E-state index is 11.9. The maximum absolute atomic E-state index is 11.9. The van der Waals surface area contributed by atoms with Crippen LogP contribution in [0.4, 0.5) is 0 Å². The highest BCUT2D eigenvalue weighted by atomic mass is 16.6. The normalized spacial score (nSPS) is 13.8. The smallest absolute Gasteiger partial charge is 0.334 e. The minimum absolute atomic E-state index is 0.0629. The lowest BCUT2D eigenvalue weighted by Gasteiger charge is -2.22. The van der Waals surface area contributed by atoms with Gasteiger partial charge in [0.2, 0.25) is 0 Å². The molecule has 0 aliphatic heterocycles. The molecule has 0 spiro atoms. The van der Waals surface area contributed by atoms with E-state index < -0.39 is 42.1 Å². The van der Waals surface area contributed by atoms with E-state index in [1.54, 1.807) is 0 Å². The molecule has 0 aromatic heterocycles. The first-order valence-corrected chi connectivity index (χ1v) is 11.9. The summed E-state index contributed by atoms with van der Waals surface area (Å²) in [6.07, 6.45) is -0.337. The van der Waals surface area contributed by atoms with Crippen molar-refractivity contribution in [3.8, 4) is 0 Å². The summed E-state index contributed by atoms with van der Waals surface area (Å²) >= 11 is 0. The van der Waals surface area contributed by atoms with E-state index in [0.717, 1.165) is 18.4 Å². The predicted molar refractivity (Wildman–Crippen MR) is 136 cm³/mol. The van der Waals surface area contributed by atoms with Crippen molar-refractivity contribution in [2.45, 2.75) is 70.4 Å². The standard InChI is InChI=1S/C16H23BN2O5.C7H14BNO4/c1-2-6-13(19-24-11-17)15(21)16(22)18-9-14(20)23-10-12-7-4-3-5-8-12;1-2-3-5(9-13-4-8)6(10)7(11)12/h3-5,7-8,13,15,19,21H,2,6,9-11H2,1H3,(H,18,22);5-6,9-10H,2-4H2,1H3,(H,11,12). The summed E-state index contributed by atoms with van der Waals surface area (Å²) in [6.45, 7) is 3.45. The Morgan fingerprint density at radius 1 is 0.892 bits per heavy atom. The first-order chi connectivity index (χ1) is 17.7. The second-order valence-corrected chi connectivity index (χ2v) is 7.74. The lowest BCUT2D eigenvalue weighted by molar-refractivity contribution is -0.151. The number of ether oxygens (including phenoxy) is 1. The molecule has 4 atom stereocenters. The van der Waals surface area contributed by atoms with Crippen LogP contribution in [0.5, 0.6) is 0 Å². The highest BCUT2D eigenvalue weighted by molar-refractivity contribution is 6.08. The van der Waals surface area contributed by atoms with Crippen LogP contribution in [0, 0.1) is 0 Å². The van der Waals surface area contributed by atoms with E-state index >= 15 is 0 Å². The lowest BCUT2D eigenvalue weighted by atomic mass is 10.1. The Morgan fingerprint density at radius 2 is 1.41 bits per heavy atom. The first-order valence-electron chi connectivity index (χ1n) is 11.9. The Bertz CT molecular complexity index is 762. The second-order valence-electron chi connectivity index (χ2n) is 7.74.